The Hall–Kier alpha value is -1.55. The highest BCUT2D eigenvalue weighted by molar-refractivity contribution is 5.90. The van der Waals surface area contributed by atoms with Crippen LogP contribution < -0.4 is 4.74 Å². The van der Waals surface area contributed by atoms with Gasteiger partial charge >= 0.3 is 5.97 Å². The summed E-state index contributed by atoms with van der Waals surface area (Å²) in [4.78, 5) is 13.2. The molecule has 0 heterocycles. The second kappa shape index (κ2) is 7.14. The van der Waals surface area contributed by atoms with Gasteiger partial charge in [-0.1, -0.05) is 19.9 Å². The summed E-state index contributed by atoms with van der Waals surface area (Å²) < 4.78 is 5.13. The van der Waals surface area contributed by atoms with Crippen molar-refractivity contribution in [2.45, 2.75) is 26.8 Å². The van der Waals surface area contributed by atoms with Crippen LogP contribution in [0.4, 0.5) is 0 Å². The van der Waals surface area contributed by atoms with Crippen LogP contribution in [0.3, 0.4) is 0 Å². The number of rotatable bonds is 7. The van der Waals surface area contributed by atoms with Crippen molar-refractivity contribution in [3.63, 3.8) is 0 Å². The first-order valence-electron chi connectivity index (χ1n) is 6.52. The molecule has 0 fully saturated rings. The van der Waals surface area contributed by atoms with Crippen molar-refractivity contribution >= 4 is 5.97 Å². The molecule has 0 saturated carbocycles. The number of nitrogens with zero attached hydrogens (tertiary/aromatic N) is 1. The number of carboxylic acids is 1. The van der Waals surface area contributed by atoms with Gasteiger partial charge in [-0.05, 0) is 43.6 Å². The number of aromatic carboxylic acids is 1. The highest BCUT2D eigenvalue weighted by Crippen LogP contribution is 2.21. The fourth-order valence-electron chi connectivity index (χ4n) is 1.88. The predicted octanol–water partition coefficient (Wildman–Crippen LogP) is 2.87. The van der Waals surface area contributed by atoms with Gasteiger partial charge in [0.05, 0.1) is 7.11 Å². The molecule has 4 nitrogen and oxygen atoms in total. The standard InChI is InChI=1S/C15H23NO3/c1-11(2)7-8-16(3)10-12-5-6-13(15(17)18)14(9-12)19-4/h5-6,9,11H,7-8,10H2,1-4H3,(H,17,18). The third-order valence-corrected chi connectivity index (χ3v) is 3.04. The molecule has 0 bridgehead atoms. The summed E-state index contributed by atoms with van der Waals surface area (Å²) in [6, 6.07) is 5.25. The lowest BCUT2D eigenvalue weighted by Crippen LogP contribution is -2.20. The van der Waals surface area contributed by atoms with Crippen molar-refractivity contribution in [2.24, 2.45) is 5.92 Å². The van der Waals surface area contributed by atoms with Crippen LogP contribution in [0.25, 0.3) is 0 Å². The summed E-state index contributed by atoms with van der Waals surface area (Å²) in [5.74, 6) is 0.144. The van der Waals surface area contributed by atoms with E-state index in [2.05, 4.69) is 25.8 Å². The van der Waals surface area contributed by atoms with E-state index in [1.165, 1.54) is 7.11 Å². The number of hydrogen-bond donors (Lipinski definition) is 1. The van der Waals surface area contributed by atoms with E-state index in [0.29, 0.717) is 11.7 Å². The quantitative estimate of drug-likeness (QED) is 0.823. The molecule has 1 rings (SSSR count). The van der Waals surface area contributed by atoms with Gasteiger partial charge in [-0.15, -0.1) is 0 Å². The predicted molar refractivity (Wildman–Crippen MR) is 75.7 cm³/mol. The van der Waals surface area contributed by atoms with Crippen LogP contribution in [0.1, 0.15) is 36.2 Å². The van der Waals surface area contributed by atoms with Crippen LogP contribution in [0.15, 0.2) is 18.2 Å². The maximum atomic E-state index is 11.0. The third-order valence-electron chi connectivity index (χ3n) is 3.04. The molecule has 106 valence electrons. The molecular formula is C15H23NO3. The average Bonchev–Trinajstić information content (AvgIpc) is 2.35. The van der Waals surface area contributed by atoms with Gasteiger partial charge in [0.2, 0.25) is 0 Å². The van der Waals surface area contributed by atoms with E-state index in [0.717, 1.165) is 25.1 Å². The molecule has 1 aromatic carbocycles. The summed E-state index contributed by atoms with van der Waals surface area (Å²) >= 11 is 0. The first-order valence-corrected chi connectivity index (χ1v) is 6.52. The van der Waals surface area contributed by atoms with E-state index in [9.17, 15) is 4.79 Å². The summed E-state index contributed by atoms with van der Waals surface area (Å²) in [6.07, 6.45) is 1.15. The summed E-state index contributed by atoms with van der Waals surface area (Å²) in [5, 5.41) is 9.02. The highest BCUT2D eigenvalue weighted by Gasteiger charge is 2.12. The minimum Gasteiger partial charge on any atom is -0.496 e. The largest absolute Gasteiger partial charge is 0.496 e. The second-order valence-corrected chi connectivity index (χ2v) is 5.26. The molecule has 0 saturated heterocycles. The molecule has 0 aromatic heterocycles. The summed E-state index contributed by atoms with van der Waals surface area (Å²) in [6.45, 7) is 6.24. The van der Waals surface area contributed by atoms with Crippen molar-refractivity contribution < 1.29 is 14.6 Å². The molecule has 0 radical (unpaired) electrons. The Kier molecular flexibility index (Phi) is 5.83. The molecule has 0 aliphatic rings. The van der Waals surface area contributed by atoms with Crippen molar-refractivity contribution in [3.05, 3.63) is 29.3 Å². The summed E-state index contributed by atoms with van der Waals surface area (Å²) in [7, 11) is 3.56. The van der Waals surface area contributed by atoms with Gasteiger partial charge in [-0.25, -0.2) is 4.79 Å². The first-order chi connectivity index (χ1) is 8.93. The lowest BCUT2D eigenvalue weighted by molar-refractivity contribution is 0.0693. The maximum Gasteiger partial charge on any atom is 0.339 e. The monoisotopic (exact) mass is 265 g/mol. The number of carbonyl (C=O) groups is 1. The van der Waals surface area contributed by atoms with Crippen molar-refractivity contribution in [1.29, 1.82) is 0 Å². The summed E-state index contributed by atoms with van der Waals surface area (Å²) in [5.41, 5.74) is 1.27. The molecule has 4 heteroatoms. The zero-order chi connectivity index (χ0) is 14.4. The minimum atomic E-state index is -0.962. The number of benzene rings is 1. The van der Waals surface area contributed by atoms with Crippen molar-refractivity contribution in [3.8, 4) is 5.75 Å². The minimum absolute atomic E-state index is 0.205. The van der Waals surface area contributed by atoms with Gasteiger partial charge in [0.15, 0.2) is 0 Å². The van der Waals surface area contributed by atoms with E-state index in [1.54, 1.807) is 12.1 Å². The van der Waals surface area contributed by atoms with Crippen molar-refractivity contribution in [2.75, 3.05) is 20.7 Å². The Balaban J connectivity index is 2.71. The Morgan fingerprint density at radius 3 is 2.63 bits per heavy atom. The molecule has 19 heavy (non-hydrogen) atoms. The van der Waals surface area contributed by atoms with E-state index in [1.807, 2.05) is 6.07 Å². The van der Waals surface area contributed by atoms with Crippen molar-refractivity contribution in [1.82, 2.24) is 4.90 Å². The lowest BCUT2D eigenvalue weighted by Gasteiger charge is -2.18. The van der Waals surface area contributed by atoms with Gasteiger partial charge in [0, 0.05) is 6.54 Å². The molecule has 1 aromatic rings. The van der Waals surface area contributed by atoms with Crippen LogP contribution in [0, 0.1) is 5.92 Å². The van der Waals surface area contributed by atoms with E-state index in [-0.39, 0.29) is 5.56 Å². The van der Waals surface area contributed by atoms with Crippen LogP contribution in [0.2, 0.25) is 0 Å². The zero-order valence-corrected chi connectivity index (χ0v) is 12.1. The molecule has 1 N–H and O–H groups in total. The number of carboxylic acid groups (broad SMARTS) is 1. The smallest absolute Gasteiger partial charge is 0.339 e. The maximum absolute atomic E-state index is 11.0. The van der Waals surface area contributed by atoms with Gasteiger partial charge in [0.1, 0.15) is 11.3 Å². The topological polar surface area (TPSA) is 49.8 Å². The number of ether oxygens (including phenoxy) is 1. The SMILES string of the molecule is COc1cc(CN(C)CCC(C)C)ccc1C(=O)O. The van der Waals surface area contributed by atoms with Crippen LogP contribution >= 0.6 is 0 Å². The molecule has 0 spiro atoms. The Morgan fingerprint density at radius 2 is 2.11 bits per heavy atom. The second-order valence-electron chi connectivity index (χ2n) is 5.26. The van der Waals surface area contributed by atoms with Gasteiger partial charge in [-0.3, -0.25) is 0 Å². The number of methoxy groups -OCH3 is 1. The third kappa shape index (κ3) is 4.91. The Labute approximate surface area is 115 Å². The molecule has 0 atom stereocenters. The fourth-order valence-corrected chi connectivity index (χ4v) is 1.88. The lowest BCUT2D eigenvalue weighted by atomic mass is 10.1. The Morgan fingerprint density at radius 1 is 1.42 bits per heavy atom. The zero-order valence-electron chi connectivity index (χ0n) is 12.1. The van der Waals surface area contributed by atoms with Crippen LogP contribution in [-0.4, -0.2) is 36.7 Å². The van der Waals surface area contributed by atoms with Crippen LogP contribution in [0.5, 0.6) is 5.75 Å². The molecule has 0 amide bonds. The van der Waals surface area contributed by atoms with Gasteiger partial charge < -0.3 is 14.7 Å². The number of hydrogen-bond acceptors (Lipinski definition) is 3. The van der Waals surface area contributed by atoms with Crippen LogP contribution in [-0.2, 0) is 6.54 Å². The van der Waals surface area contributed by atoms with E-state index >= 15 is 0 Å². The molecule has 0 unspecified atom stereocenters. The van der Waals surface area contributed by atoms with Gasteiger partial charge in [-0.2, -0.15) is 0 Å². The van der Waals surface area contributed by atoms with Gasteiger partial charge in [0.25, 0.3) is 0 Å². The average molecular weight is 265 g/mol. The normalized spacial score (nSPS) is 11.1. The highest BCUT2D eigenvalue weighted by atomic mass is 16.5. The molecule has 0 aliphatic heterocycles. The molecular weight excluding hydrogens is 242 g/mol. The fraction of sp³-hybridized carbons (Fsp3) is 0.533. The van der Waals surface area contributed by atoms with E-state index in [4.69, 9.17) is 9.84 Å². The Bertz CT molecular complexity index is 429. The first kappa shape index (κ1) is 15.5. The molecule has 0 aliphatic carbocycles. The van der Waals surface area contributed by atoms with E-state index < -0.39 is 5.97 Å².